The molecule has 1 saturated carbocycles. The predicted octanol–water partition coefficient (Wildman–Crippen LogP) is 3.16. The third-order valence-electron chi connectivity index (χ3n) is 4.38. The third-order valence-corrected chi connectivity index (χ3v) is 4.38. The molecule has 0 unspecified atom stereocenters. The number of nitrogens with one attached hydrogen (secondary N) is 1. The molecule has 2 rings (SSSR count). The van der Waals surface area contributed by atoms with Crippen LogP contribution in [0.1, 0.15) is 45.1 Å². The zero-order valence-corrected chi connectivity index (χ0v) is 12.3. The van der Waals surface area contributed by atoms with Gasteiger partial charge in [0.05, 0.1) is 6.07 Å². The van der Waals surface area contributed by atoms with Crippen molar-refractivity contribution in [2.75, 3.05) is 6.54 Å². The van der Waals surface area contributed by atoms with Gasteiger partial charge in [0.25, 0.3) is 0 Å². The number of benzene rings is 1. The molecule has 1 amide bonds. The number of rotatable bonds is 4. The second-order valence-corrected chi connectivity index (χ2v) is 6.27. The summed E-state index contributed by atoms with van der Waals surface area (Å²) >= 11 is 0. The van der Waals surface area contributed by atoms with Gasteiger partial charge in [-0.25, -0.2) is 0 Å². The molecule has 0 aliphatic heterocycles. The molecule has 1 aliphatic rings. The van der Waals surface area contributed by atoms with Gasteiger partial charge in [0.15, 0.2) is 0 Å². The minimum absolute atomic E-state index is 0.0441. The molecule has 0 spiro atoms. The van der Waals surface area contributed by atoms with Crippen LogP contribution in [0.2, 0.25) is 0 Å². The van der Waals surface area contributed by atoms with Gasteiger partial charge in [0.2, 0.25) is 5.91 Å². The Bertz CT molecular complexity index is 508. The molecule has 1 aromatic rings. The number of nitrogens with zero attached hydrogens (tertiary/aromatic N) is 1. The summed E-state index contributed by atoms with van der Waals surface area (Å²) in [6.45, 7) is 3.94. The minimum atomic E-state index is -0.962. The molecule has 1 aliphatic carbocycles. The second-order valence-electron chi connectivity index (χ2n) is 6.27. The Kier molecular flexibility index (Phi) is 4.13. The van der Waals surface area contributed by atoms with Gasteiger partial charge in [0.1, 0.15) is 5.41 Å². The van der Waals surface area contributed by atoms with Gasteiger partial charge in [0, 0.05) is 12.0 Å². The molecule has 0 atom stereocenters. The fourth-order valence-electron chi connectivity index (χ4n) is 2.93. The Hall–Kier alpha value is -1.82. The van der Waals surface area contributed by atoms with Crippen LogP contribution >= 0.6 is 0 Å². The lowest BCUT2D eigenvalue weighted by molar-refractivity contribution is -0.127. The highest BCUT2D eigenvalue weighted by molar-refractivity contribution is 5.84. The van der Waals surface area contributed by atoms with Crippen molar-refractivity contribution in [3.8, 4) is 6.07 Å². The number of carbonyl (C=O) groups excluding carboxylic acids is 1. The van der Waals surface area contributed by atoms with E-state index in [2.05, 4.69) is 35.7 Å². The highest BCUT2D eigenvalue weighted by atomic mass is 16.2. The lowest BCUT2D eigenvalue weighted by Crippen LogP contribution is -2.43. The molecule has 0 bridgehead atoms. The van der Waals surface area contributed by atoms with Gasteiger partial charge in [-0.3, -0.25) is 4.79 Å². The number of hydrogen-bond acceptors (Lipinski definition) is 2. The van der Waals surface area contributed by atoms with Gasteiger partial charge >= 0.3 is 0 Å². The van der Waals surface area contributed by atoms with E-state index in [0.29, 0.717) is 6.54 Å². The summed E-state index contributed by atoms with van der Waals surface area (Å²) in [5.74, 6) is -0.179. The standard InChI is InChI=1S/C17H22N2O/c1-16(2,12-18)15(20)19-13-17(10-6-7-11-17)14-8-4-3-5-9-14/h3-5,8-9H,6-7,10-11,13H2,1-2H3,(H,19,20). The summed E-state index contributed by atoms with van der Waals surface area (Å²) in [6.07, 6.45) is 4.60. The molecular formula is C17H22N2O. The monoisotopic (exact) mass is 270 g/mol. The molecular weight excluding hydrogens is 248 g/mol. The first-order valence-corrected chi connectivity index (χ1v) is 7.25. The van der Waals surface area contributed by atoms with Crippen molar-refractivity contribution in [2.45, 2.75) is 44.9 Å². The van der Waals surface area contributed by atoms with E-state index in [1.54, 1.807) is 13.8 Å². The fourth-order valence-corrected chi connectivity index (χ4v) is 2.93. The normalized spacial score (nSPS) is 17.4. The second kappa shape index (κ2) is 5.66. The zero-order chi connectivity index (χ0) is 14.6. The molecule has 0 aromatic heterocycles. The quantitative estimate of drug-likeness (QED) is 0.913. The largest absolute Gasteiger partial charge is 0.354 e. The van der Waals surface area contributed by atoms with E-state index in [-0.39, 0.29) is 11.3 Å². The molecule has 20 heavy (non-hydrogen) atoms. The van der Waals surface area contributed by atoms with Crippen molar-refractivity contribution < 1.29 is 4.79 Å². The van der Waals surface area contributed by atoms with Crippen LogP contribution in [0.3, 0.4) is 0 Å². The predicted molar refractivity (Wildman–Crippen MR) is 79.0 cm³/mol. The zero-order valence-electron chi connectivity index (χ0n) is 12.3. The maximum absolute atomic E-state index is 12.1. The van der Waals surface area contributed by atoms with Gasteiger partial charge in [-0.1, -0.05) is 43.2 Å². The number of carbonyl (C=O) groups is 1. The first-order valence-electron chi connectivity index (χ1n) is 7.25. The van der Waals surface area contributed by atoms with E-state index in [4.69, 9.17) is 5.26 Å². The summed E-state index contributed by atoms with van der Waals surface area (Å²) in [5, 5.41) is 12.0. The first-order chi connectivity index (χ1) is 9.50. The van der Waals surface area contributed by atoms with Crippen LogP contribution in [-0.2, 0) is 10.2 Å². The Morgan fingerprint density at radius 1 is 1.30 bits per heavy atom. The lowest BCUT2D eigenvalue weighted by Gasteiger charge is -2.31. The van der Waals surface area contributed by atoms with E-state index < -0.39 is 5.41 Å². The van der Waals surface area contributed by atoms with Crippen molar-refractivity contribution in [1.29, 1.82) is 5.26 Å². The van der Waals surface area contributed by atoms with Crippen LogP contribution < -0.4 is 5.32 Å². The number of amides is 1. The van der Waals surface area contributed by atoms with E-state index in [1.165, 1.54) is 18.4 Å². The molecule has 3 nitrogen and oxygen atoms in total. The summed E-state index contributed by atoms with van der Waals surface area (Å²) in [4.78, 5) is 12.1. The Morgan fingerprint density at radius 2 is 1.90 bits per heavy atom. The molecule has 1 aromatic carbocycles. The molecule has 106 valence electrons. The van der Waals surface area contributed by atoms with Crippen molar-refractivity contribution in [2.24, 2.45) is 5.41 Å². The average Bonchev–Trinajstić information content (AvgIpc) is 2.95. The van der Waals surface area contributed by atoms with E-state index >= 15 is 0 Å². The topological polar surface area (TPSA) is 52.9 Å². The molecule has 0 saturated heterocycles. The van der Waals surface area contributed by atoms with Crippen LogP contribution in [0.4, 0.5) is 0 Å². The van der Waals surface area contributed by atoms with Crippen LogP contribution in [0.5, 0.6) is 0 Å². The maximum atomic E-state index is 12.1. The van der Waals surface area contributed by atoms with Gasteiger partial charge in [-0.05, 0) is 32.3 Å². The van der Waals surface area contributed by atoms with Gasteiger partial charge in [-0.15, -0.1) is 0 Å². The van der Waals surface area contributed by atoms with E-state index in [1.807, 2.05) is 6.07 Å². The van der Waals surface area contributed by atoms with Crippen molar-refractivity contribution in [3.05, 3.63) is 35.9 Å². The van der Waals surface area contributed by atoms with Crippen LogP contribution in [0.25, 0.3) is 0 Å². The highest BCUT2D eigenvalue weighted by Gasteiger charge is 2.37. The Morgan fingerprint density at radius 3 is 2.45 bits per heavy atom. The summed E-state index contributed by atoms with van der Waals surface area (Å²) in [7, 11) is 0. The van der Waals surface area contributed by atoms with Gasteiger partial charge < -0.3 is 5.32 Å². The van der Waals surface area contributed by atoms with Crippen molar-refractivity contribution in [3.63, 3.8) is 0 Å². The van der Waals surface area contributed by atoms with Crippen LogP contribution in [-0.4, -0.2) is 12.5 Å². The lowest BCUT2D eigenvalue weighted by atomic mass is 9.78. The molecule has 1 N–H and O–H groups in total. The van der Waals surface area contributed by atoms with Gasteiger partial charge in [-0.2, -0.15) is 5.26 Å². The minimum Gasteiger partial charge on any atom is -0.354 e. The fraction of sp³-hybridized carbons (Fsp3) is 0.529. The molecule has 0 heterocycles. The highest BCUT2D eigenvalue weighted by Crippen LogP contribution is 2.40. The van der Waals surface area contributed by atoms with Crippen molar-refractivity contribution >= 4 is 5.91 Å². The van der Waals surface area contributed by atoms with Crippen molar-refractivity contribution in [1.82, 2.24) is 5.32 Å². The summed E-state index contributed by atoms with van der Waals surface area (Å²) in [6, 6.07) is 12.5. The smallest absolute Gasteiger partial charge is 0.239 e. The van der Waals surface area contributed by atoms with E-state index in [0.717, 1.165) is 12.8 Å². The molecule has 1 fully saturated rings. The summed E-state index contributed by atoms with van der Waals surface area (Å²) in [5.41, 5.74) is 0.381. The number of hydrogen-bond donors (Lipinski definition) is 1. The SMILES string of the molecule is CC(C)(C#N)C(=O)NCC1(c2ccccc2)CCCC1. The van der Waals surface area contributed by atoms with E-state index in [9.17, 15) is 4.79 Å². The first kappa shape index (κ1) is 14.6. The Labute approximate surface area is 121 Å². The maximum Gasteiger partial charge on any atom is 0.239 e. The third kappa shape index (κ3) is 2.85. The average molecular weight is 270 g/mol. The summed E-state index contributed by atoms with van der Waals surface area (Å²) < 4.78 is 0. The molecule has 3 heteroatoms. The molecule has 0 radical (unpaired) electrons. The van der Waals surface area contributed by atoms with Crippen LogP contribution in [0, 0.1) is 16.7 Å². The van der Waals surface area contributed by atoms with Crippen LogP contribution in [0.15, 0.2) is 30.3 Å². The number of nitriles is 1. The Balaban J connectivity index is 2.12.